The van der Waals surface area contributed by atoms with E-state index < -0.39 is 30.0 Å². The lowest BCUT2D eigenvalue weighted by molar-refractivity contribution is -0.137. The van der Waals surface area contributed by atoms with Crippen molar-refractivity contribution in [2.24, 2.45) is 0 Å². The average Bonchev–Trinajstić information content (AvgIpc) is 2.81. The number of hydrogen-bond acceptors (Lipinski definition) is 6. The Morgan fingerprint density at radius 1 is 1.38 bits per heavy atom. The summed E-state index contributed by atoms with van der Waals surface area (Å²) in [6, 6.07) is 3.41. The molecule has 0 bridgehead atoms. The summed E-state index contributed by atoms with van der Waals surface area (Å²) in [5.74, 6) is -2.21. The number of rotatable bonds is 7. The number of carboxylic acids is 1. The van der Waals surface area contributed by atoms with Crippen LogP contribution in [-0.4, -0.2) is 46.1 Å². The highest BCUT2D eigenvalue weighted by Crippen LogP contribution is 2.14. The predicted octanol–water partition coefficient (Wildman–Crippen LogP) is -0.271. The van der Waals surface area contributed by atoms with Crippen LogP contribution in [-0.2, 0) is 4.79 Å². The molecular weight excluding hydrogens is 280 g/mol. The van der Waals surface area contributed by atoms with E-state index in [1.807, 2.05) is 0 Å². The molecule has 0 radical (unpaired) electrons. The van der Waals surface area contributed by atoms with Gasteiger partial charge in [-0.15, -0.1) is 0 Å². The lowest BCUT2D eigenvalue weighted by Gasteiger charge is -2.15. The zero-order valence-corrected chi connectivity index (χ0v) is 11.0. The highest BCUT2D eigenvalue weighted by atomic mass is 16.4. The number of nitrogens with one attached hydrogen (secondary N) is 2. The molecule has 2 rings (SSSR count). The molecule has 112 valence electrons. The summed E-state index contributed by atoms with van der Waals surface area (Å²) >= 11 is 0. The number of carbonyl (C=O) groups is 2. The summed E-state index contributed by atoms with van der Waals surface area (Å²) in [5.41, 5.74) is 0.902. The van der Waals surface area contributed by atoms with Crippen LogP contribution in [0.15, 0.2) is 27.4 Å². The van der Waals surface area contributed by atoms with Gasteiger partial charge in [0.25, 0.3) is 0 Å². The second-order valence-electron chi connectivity index (χ2n) is 4.42. The summed E-state index contributed by atoms with van der Waals surface area (Å²) in [4.78, 5) is 36.6. The minimum absolute atomic E-state index is 0.102. The Labute approximate surface area is 118 Å². The standard InChI is InChI=1S/C13H14N2O6/c16-4-3-14-9(6-11(17)18)12(19)7-1-2-8-10(5-7)21-13(20)15-8/h1-2,5,9,14,16H,3-4,6H2,(H,15,20)(H,17,18). The molecule has 0 saturated carbocycles. The highest BCUT2D eigenvalue weighted by Gasteiger charge is 2.23. The second-order valence-corrected chi connectivity index (χ2v) is 4.42. The van der Waals surface area contributed by atoms with Crippen LogP contribution in [0.2, 0.25) is 0 Å². The number of aliphatic carboxylic acids is 1. The van der Waals surface area contributed by atoms with Crippen LogP contribution < -0.4 is 11.1 Å². The van der Waals surface area contributed by atoms with Gasteiger partial charge in [-0.25, -0.2) is 4.79 Å². The van der Waals surface area contributed by atoms with Crippen LogP contribution in [0, 0.1) is 0 Å². The van der Waals surface area contributed by atoms with Crippen molar-refractivity contribution in [2.45, 2.75) is 12.5 Å². The molecule has 0 aliphatic heterocycles. The van der Waals surface area contributed by atoms with E-state index in [0.29, 0.717) is 5.52 Å². The number of aliphatic hydroxyl groups is 1. The van der Waals surface area contributed by atoms with Gasteiger partial charge < -0.3 is 19.9 Å². The Kier molecular flexibility index (Phi) is 4.51. The Bertz CT molecular complexity index is 717. The van der Waals surface area contributed by atoms with Crippen molar-refractivity contribution in [1.82, 2.24) is 10.3 Å². The van der Waals surface area contributed by atoms with Crippen LogP contribution in [0.4, 0.5) is 0 Å². The van der Waals surface area contributed by atoms with Gasteiger partial charge in [0.05, 0.1) is 24.6 Å². The average molecular weight is 294 g/mol. The zero-order chi connectivity index (χ0) is 15.4. The fourth-order valence-electron chi connectivity index (χ4n) is 1.97. The van der Waals surface area contributed by atoms with Gasteiger partial charge in [0, 0.05) is 12.1 Å². The molecule has 0 aliphatic rings. The predicted molar refractivity (Wildman–Crippen MR) is 72.3 cm³/mol. The molecule has 0 amide bonds. The number of carboxylic acid groups (broad SMARTS) is 1. The number of oxazole rings is 1. The molecule has 1 aromatic heterocycles. The summed E-state index contributed by atoms with van der Waals surface area (Å²) in [5, 5.41) is 20.3. The maximum absolute atomic E-state index is 12.3. The van der Waals surface area contributed by atoms with Crippen LogP contribution in [0.25, 0.3) is 11.1 Å². The second kappa shape index (κ2) is 6.33. The number of benzene rings is 1. The molecule has 0 fully saturated rings. The SMILES string of the molecule is O=C(O)CC(NCCO)C(=O)c1ccc2[nH]c(=O)oc2c1. The topological polar surface area (TPSA) is 133 Å². The first kappa shape index (κ1) is 14.9. The maximum atomic E-state index is 12.3. The van der Waals surface area contributed by atoms with Crippen molar-refractivity contribution in [1.29, 1.82) is 0 Å². The Morgan fingerprint density at radius 3 is 2.81 bits per heavy atom. The number of aliphatic hydroxyl groups excluding tert-OH is 1. The van der Waals surface area contributed by atoms with Gasteiger partial charge in [0.1, 0.15) is 0 Å². The molecule has 4 N–H and O–H groups in total. The van der Waals surface area contributed by atoms with Crippen molar-refractivity contribution < 1.29 is 24.2 Å². The number of aromatic nitrogens is 1. The quantitative estimate of drug-likeness (QED) is 0.516. The van der Waals surface area contributed by atoms with Gasteiger partial charge >= 0.3 is 11.7 Å². The van der Waals surface area contributed by atoms with Gasteiger partial charge in [-0.05, 0) is 18.2 Å². The van der Waals surface area contributed by atoms with Gasteiger partial charge in [-0.1, -0.05) is 0 Å². The molecule has 8 nitrogen and oxygen atoms in total. The summed E-state index contributed by atoms with van der Waals surface area (Å²) in [6.45, 7) is -0.111. The fraction of sp³-hybridized carbons (Fsp3) is 0.308. The molecule has 2 aromatic rings. The fourth-order valence-corrected chi connectivity index (χ4v) is 1.97. The van der Waals surface area contributed by atoms with E-state index in [2.05, 4.69) is 10.3 Å². The number of hydrogen-bond donors (Lipinski definition) is 4. The van der Waals surface area contributed by atoms with Crippen molar-refractivity contribution in [2.75, 3.05) is 13.2 Å². The van der Waals surface area contributed by atoms with Gasteiger partial charge in [-0.2, -0.15) is 0 Å². The molecule has 1 atom stereocenters. The Morgan fingerprint density at radius 2 is 2.14 bits per heavy atom. The third-order valence-electron chi connectivity index (χ3n) is 2.90. The monoisotopic (exact) mass is 294 g/mol. The molecular formula is C13H14N2O6. The van der Waals surface area contributed by atoms with Crippen molar-refractivity contribution >= 4 is 22.9 Å². The molecule has 21 heavy (non-hydrogen) atoms. The maximum Gasteiger partial charge on any atom is 0.417 e. The molecule has 0 saturated heterocycles. The van der Waals surface area contributed by atoms with E-state index in [-0.39, 0.29) is 24.3 Å². The highest BCUT2D eigenvalue weighted by molar-refractivity contribution is 6.03. The zero-order valence-electron chi connectivity index (χ0n) is 11.0. The van der Waals surface area contributed by atoms with Gasteiger partial charge in [0.2, 0.25) is 0 Å². The smallest absolute Gasteiger partial charge is 0.417 e. The lowest BCUT2D eigenvalue weighted by Crippen LogP contribution is -2.40. The number of H-pyrrole nitrogens is 1. The molecule has 0 aliphatic carbocycles. The third-order valence-corrected chi connectivity index (χ3v) is 2.90. The summed E-state index contributed by atoms with van der Waals surface area (Å²) < 4.78 is 4.86. The molecule has 0 spiro atoms. The minimum atomic E-state index is -1.13. The number of aromatic amines is 1. The van der Waals surface area contributed by atoms with Crippen molar-refractivity contribution in [3.05, 3.63) is 34.3 Å². The number of ketones is 1. The Balaban J connectivity index is 2.27. The van der Waals surface area contributed by atoms with Crippen LogP contribution in [0.5, 0.6) is 0 Å². The number of Topliss-reactive ketones (excluding diaryl/α,β-unsaturated/α-hetero) is 1. The number of fused-ring (bicyclic) bond motifs is 1. The first-order chi connectivity index (χ1) is 10.0. The van der Waals surface area contributed by atoms with E-state index in [9.17, 15) is 14.4 Å². The van der Waals surface area contributed by atoms with E-state index in [1.165, 1.54) is 18.2 Å². The normalized spacial score (nSPS) is 12.4. The number of carbonyl (C=O) groups excluding carboxylic acids is 1. The van der Waals surface area contributed by atoms with E-state index in [0.717, 1.165) is 0 Å². The molecule has 1 unspecified atom stereocenters. The van der Waals surface area contributed by atoms with Crippen LogP contribution in [0.1, 0.15) is 16.8 Å². The largest absolute Gasteiger partial charge is 0.481 e. The van der Waals surface area contributed by atoms with Crippen molar-refractivity contribution in [3.63, 3.8) is 0 Å². The first-order valence-electron chi connectivity index (χ1n) is 6.24. The molecule has 1 aromatic carbocycles. The van der Waals surface area contributed by atoms with Gasteiger partial charge in [-0.3, -0.25) is 14.6 Å². The summed E-state index contributed by atoms with van der Waals surface area (Å²) in [6.07, 6.45) is -0.409. The Hall–Kier alpha value is -2.45. The minimum Gasteiger partial charge on any atom is -0.481 e. The third kappa shape index (κ3) is 3.56. The lowest BCUT2D eigenvalue weighted by atomic mass is 10.0. The molecule has 8 heteroatoms. The van der Waals surface area contributed by atoms with E-state index >= 15 is 0 Å². The van der Waals surface area contributed by atoms with Crippen LogP contribution >= 0.6 is 0 Å². The van der Waals surface area contributed by atoms with Gasteiger partial charge in [0.15, 0.2) is 11.4 Å². The van der Waals surface area contributed by atoms with E-state index in [4.69, 9.17) is 14.6 Å². The summed E-state index contributed by atoms with van der Waals surface area (Å²) in [7, 11) is 0. The molecule has 1 heterocycles. The van der Waals surface area contributed by atoms with Crippen molar-refractivity contribution in [3.8, 4) is 0 Å². The van der Waals surface area contributed by atoms with E-state index in [1.54, 1.807) is 0 Å². The van der Waals surface area contributed by atoms with Crippen LogP contribution in [0.3, 0.4) is 0 Å². The first-order valence-corrected chi connectivity index (χ1v) is 6.24.